The van der Waals surface area contributed by atoms with Gasteiger partial charge in [0.25, 0.3) is 0 Å². The predicted molar refractivity (Wildman–Crippen MR) is 95.0 cm³/mol. The van der Waals surface area contributed by atoms with Crippen molar-refractivity contribution in [3.8, 4) is 11.4 Å². The number of benzene rings is 1. The van der Waals surface area contributed by atoms with Crippen molar-refractivity contribution in [1.29, 1.82) is 0 Å². The van der Waals surface area contributed by atoms with Gasteiger partial charge in [-0.15, -0.1) is 10.2 Å². The molecule has 0 aliphatic heterocycles. The van der Waals surface area contributed by atoms with E-state index in [-0.39, 0.29) is 21.6 Å². The second-order valence-electron chi connectivity index (χ2n) is 6.19. The van der Waals surface area contributed by atoms with Gasteiger partial charge in [0.1, 0.15) is 5.82 Å². The zero-order valence-electron chi connectivity index (χ0n) is 14.8. The summed E-state index contributed by atoms with van der Waals surface area (Å²) in [6, 6.07) is 7.89. The quantitative estimate of drug-likeness (QED) is 0.650. The molecule has 8 nitrogen and oxygen atoms in total. The summed E-state index contributed by atoms with van der Waals surface area (Å²) in [5, 5.41) is 16.4. The van der Waals surface area contributed by atoms with E-state index < -0.39 is 27.2 Å². The number of alkyl halides is 3. The highest BCUT2D eigenvalue weighted by molar-refractivity contribution is 7.91. The summed E-state index contributed by atoms with van der Waals surface area (Å²) in [5.74, 6) is 0.132. The van der Waals surface area contributed by atoms with E-state index in [0.29, 0.717) is 12.5 Å². The van der Waals surface area contributed by atoms with Crippen molar-refractivity contribution >= 4 is 15.7 Å². The fraction of sp³-hybridized carbons (Fsp3) is 0.176. The third-order valence-corrected chi connectivity index (χ3v) is 5.79. The lowest BCUT2D eigenvalue weighted by molar-refractivity contribution is -0.259. The Morgan fingerprint density at radius 1 is 0.966 bits per heavy atom. The number of aromatic nitrogens is 4. The lowest BCUT2D eigenvalue weighted by Gasteiger charge is -2.25. The third-order valence-electron chi connectivity index (χ3n) is 4.12. The Balaban J connectivity index is 1.88. The first-order valence-electron chi connectivity index (χ1n) is 7.99. The topological polar surface area (TPSA) is 132 Å². The molecule has 0 spiro atoms. The molecule has 0 radical (unpaired) electrons. The number of nitrogens with two attached hydrogens (primary N) is 1. The number of nitrogens with zero attached hydrogens (tertiary/aromatic N) is 4. The van der Waals surface area contributed by atoms with Crippen LogP contribution in [0.1, 0.15) is 12.5 Å². The molecule has 2 heterocycles. The lowest BCUT2D eigenvalue weighted by Crippen LogP contribution is -2.39. The summed E-state index contributed by atoms with van der Waals surface area (Å²) in [4.78, 5) is 7.59. The monoisotopic (exact) mass is 425 g/mol. The van der Waals surface area contributed by atoms with Crippen LogP contribution in [0.3, 0.4) is 0 Å². The second-order valence-corrected chi connectivity index (χ2v) is 8.09. The molecule has 1 atom stereocenters. The molecular weight excluding hydrogens is 411 g/mol. The van der Waals surface area contributed by atoms with Crippen molar-refractivity contribution in [2.24, 2.45) is 0 Å². The van der Waals surface area contributed by atoms with Crippen LogP contribution in [0.2, 0.25) is 0 Å². The molecule has 12 heteroatoms. The number of aliphatic hydroxyl groups is 1. The van der Waals surface area contributed by atoms with Crippen molar-refractivity contribution in [3.63, 3.8) is 0 Å². The van der Waals surface area contributed by atoms with Crippen LogP contribution in [0.15, 0.2) is 58.7 Å². The van der Waals surface area contributed by atoms with Crippen molar-refractivity contribution in [3.05, 3.63) is 54.4 Å². The first-order valence-corrected chi connectivity index (χ1v) is 9.47. The third kappa shape index (κ3) is 3.89. The summed E-state index contributed by atoms with van der Waals surface area (Å²) in [7, 11) is -3.93. The molecule has 1 aromatic carbocycles. The summed E-state index contributed by atoms with van der Waals surface area (Å²) in [5.41, 5.74) is 2.15. The predicted octanol–water partition coefficient (Wildman–Crippen LogP) is 2.12. The van der Waals surface area contributed by atoms with Gasteiger partial charge in [0.2, 0.25) is 9.84 Å². The van der Waals surface area contributed by atoms with Crippen molar-refractivity contribution < 1.29 is 26.7 Å². The molecule has 3 aromatic rings. The van der Waals surface area contributed by atoms with Crippen LogP contribution in [0.4, 0.5) is 19.0 Å². The fourth-order valence-electron chi connectivity index (χ4n) is 2.27. The van der Waals surface area contributed by atoms with E-state index >= 15 is 0 Å². The molecule has 0 fully saturated rings. The number of halogens is 3. The van der Waals surface area contributed by atoms with Gasteiger partial charge in [0, 0.05) is 23.5 Å². The van der Waals surface area contributed by atoms with E-state index in [4.69, 9.17) is 5.73 Å². The zero-order valence-corrected chi connectivity index (χ0v) is 15.6. The highest BCUT2D eigenvalue weighted by Crippen LogP contribution is 2.38. The van der Waals surface area contributed by atoms with Gasteiger partial charge >= 0.3 is 6.18 Å². The van der Waals surface area contributed by atoms with Gasteiger partial charge in [0.15, 0.2) is 16.5 Å². The Morgan fingerprint density at radius 3 is 2.03 bits per heavy atom. The van der Waals surface area contributed by atoms with Crippen molar-refractivity contribution in [2.45, 2.75) is 28.6 Å². The minimum absolute atomic E-state index is 0.0583. The van der Waals surface area contributed by atoms with Crippen LogP contribution in [0, 0.1) is 0 Å². The molecule has 3 rings (SSSR count). The van der Waals surface area contributed by atoms with E-state index in [1.807, 2.05) is 0 Å². The van der Waals surface area contributed by atoms with Gasteiger partial charge in [-0.25, -0.2) is 18.4 Å². The molecule has 152 valence electrons. The summed E-state index contributed by atoms with van der Waals surface area (Å²) < 4.78 is 63.7. The molecule has 0 amide bonds. The molecule has 0 saturated carbocycles. The molecule has 0 saturated heterocycles. The molecule has 0 bridgehead atoms. The summed E-state index contributed by atoms with van der Waals surface area (Å²) >= 11 is 0. The van der Waals surface area contributed by atoms with E-state index in [1.165, 1.54) is 36.4 Å². The summed E-state index contributed by atoms with van der Waals surface area (Å²) in [6.45, 7) is 0.602. The number of sulfone groups is 1. The van der Waals surface area contributed by atoms with Gasteiger partial charge in [0.05, 0.1) is 4.90 Å². The zero-order chi connectivity index (χ0) is 21.4. The molecule has 0 unspecified atom stereocenters. The minimum Gasteiger partial charge on any atom is -0.382 e. The normalized spacial score (nSPS) is 14.4. The average molecular weight is 425 g/mol. The summed E-state index contributed by atoms with van der Waals surface area (Å²) in [6.07, 6.45) is -3.16. The molecule has 0 aliphatic rings. The highest BCUT2D eigenvalue weighted by Gasteiger charge is 2.51. The van der Waals surface area contributed by atoms with Gasteiger partial charge in [-0.1, -0.05) is 0 Å². The van der Waals surface area contributed by atoms with Crippen LogP contribution < -0.4 is 5.73 Å². The number of hydrogen-bond acceptors (Lipinski definition) is 8. The second kappa shape index (κ2) is 7.04. The van der Waals surface area contributed by atoms with Crippen LogP contribution in [-0.4, -0.2) is 39.9 Å². The number of anilines is 1. The number of rotatable bonds is 4. The Hall–Kier alpha value is -3.12. The van der Waals surface area contributed by atoms with Crippen LogP contribution in [0.25, 0.3) is 11.4 Å². The van der Waals surface area contributed by atoms with Crippen LogP contribution >= 0.6 is 0 Å². The van der Waals surface area contributed by atoms with Gasteiger partial charge in [-0.05, 0) is 43.3 Å². The van der Waals surface area contributed by atoms with Crippen molar-refractivity contribution in [2.75, 3.05) is 5.73 Å². The van der Waals surface area contributed by atoms with Gasteiger partial charge in [-0.3, -0.25) is 0 Å². The Bertz CT molecular complexity index is 1110. The highest BCUT2D eigenvalue weighted by atomic mass is 32.2. The van der Waals surface area contributed by atoms with E-state index in [0.717, 1.165) is 12.4 Å². The number of hydrogen-bond donors (Lipinski definition) is 2. The van der Waals surface area contributed by atoms with E-state index in [1.54, 1.807) is 0 Å². The average Bonchev–Trinajstić information content (AvgIpc) is 2.68. The molecule has 3 N–H and O–H groups in total. The first kappa shape index (κ1) is 20.6. The minimum atomic E-state index is -4.89. The number of nitrogen functional groups attached to an aromatic ring is 1. The van der Waals surface area contributed by atoms with E-state index in [2.05, 4.69) is 20.2 Å². The van der Waals surface area contributed by atoms with Crippen LogP contribution in [0.5, 0.6) is 0 Å². The largest absolute Gasteiger partial charge is 0.421 e. The Morgan fingerprint density at radius 2 is 1.55 bits per heavy atom. The fourth-order valence-corrected chi connectivity index (χ4v) is 3.40. The van der Waals surface area contributed by atoms with Crippen LogP contribution in [-0.2, 0) is 15.4 Å². The van der Waals surface area contributed by atoms with Crippen molar-refractivity contribution in [1.82, 2.24) is 20.2 Å². The van der Waals surface area contributed by atoms with Gasteiger partial charge < -0.3 is 10.8 Å². The Kier molecular flexibility index (Phi) is 5.01. The standard InChI is InChI=1S/C17H14F3N5O3S/c1-16(26,17(18,19)20)11-8-22-15(23-9-11)10-2-4-12(5-3-10)29(27,28)14-7-6-13(21)24-25-14/h2-9,26H,1H3,(H2,21,24)/t16-/m0/s1. The molecular formula is C17H14F3N5O3S. The Labute approximate surface area is 163 Å². The molecule has 0 aliphatic carbocycles. The first-order chi connectivity index (χ1) is 13.4. The molecule has 2 aromatic heterocycles. The van der Waals surface area contributed by atoms with Gasteiger partial charge in [-0.2, -0.15) is 13.2 Å². The maximum atomic E-state index is 12.9. The molecule has 29 heavy (non-hydrogen) atoms. The maximum absolute atomic E-state index is 12.9. The van der Waals surface area contributed by atoms with E-state index in [9.17, 15) is 26.7 Å². The SMILES string of the molecule is C[C@](O)(c1cnc(-c2ccc(S(=O)(=O)c3ccc(N)nn3)cc2)nc1)C(F)(F)F. The smallest absolute Gasteiger partial charge is 0.382 e. The maximum Gasteiger partial charge on any atom is 0.421 e. The lowest BCUT2D eigenvalue weighted by atomic mass is 9.98.